The van der Waals surface area contributed by atoms with Crippen LogP contribution < -0.4 is 16.8 Å². The lowest BCUT2D eigenvalue weighted by Crippen LogP contribution is -2.59. The third-order valence-electron chi connectivity index (χ3n) is 5.85. The molecule has 0 unspecified atom stereocenters. The fourth-order valence-corrected chi connectivity index (χ4v) is 3.99. The predicted molar refractivity (Wildman–Crippen MR) is 125 cm³/mol. The molecule has 2 rings (SSSR count). The van der Waals surface area contributed by atoms with E-state index in [4.69, 9.17) is 32.5 Å². The standard InChI is InChI=1S/C22H37ClF3N5O4/c1-2-3-4-5-6-7-8-9-10-21(27,28)35-13-15-19(33)18(32)14(12-34-15)29-17-11-16(23)30-20(31-17)22(24,25)26/h11,14-15,18-19,32-33H,2-10,12-13,27-28H2,1H3,(H,29,30,31)/t14-,15+,18+,19-/m0/s1. The number of nitrogens with zero attached hydrogens (tertiary/aromatic N) is 2. The second kappa shape index (κ2) is 13.9. The van der Waals surface area contributed by atoms with Crippen LogP contribution in [0.15, 0.2) is 6.07 Å². The second-order valence-corrected chi connectivity index (χ2v) is 9.38. The third kappa shape index (κ3) is 10.3. The number of halogens is 4. The number of nitrogens with one attached hydrogen (secondary N) is 1. The van der Waals surface area contributed by atoms with Crippen LogP contribution in [0.2, 0.25) is 5.15 Å². The van der Waals surface area contributed by atoms with Crippen molar-refractivity contribution in [1.82, 2.24) is 9.97 Å². The van der Waals surface area contributed by atoms with Gasteiger partial charge in [0.15, 0.2) is 5.85 Å². The maximum atomic E-state index is 12.9. The summed E-state index contributed by atoms with van der Waals surface area (Å²) >= 11 is 5.65. The molecule has 1 saturated heterocycles. The first kappa shape index (κ1) is 29.9. The van der Waals surface area contributed by atoms with E-state index in [1.54, 1.807) is 0 Å². The van der Waals surface area contributed by atoms with E-state index >= 15 is 0 Å². The van der Waals surface area contributed by atoms with E-state index < -0.39 is 47.4 Å². The van der Waals surface area contributed by atoms with Gasteiger partial charge >= 0.3 is 6.18 Å². The van der Waals surface area contributed by atoms with Crippen molar-refractivity contribution in [3.63, 3.8) is 0 Å². The first-order valence-corrected chi connectivity index (χ1v) is 12.4. The van der Waals surface area contributed by atoms with E-state index in [0.29, 0.717) is 6.42 Å². The molecule has 0 aliphatic carbocycles. The van der Waals surface area contributed by atoms with Crippen molar-refractivity contribution >= 4 is 17.4 Å². The van der Waals surface area contributed by atoms with Crippen molar-refractivity contribution in [1.29, 1.82) is 0 Å². The summed E-state index contributed by atoms with van der Waals surface area (Å²) in [4.78, 5) is 6.51. The van der Waals surface area contributed by atoms with Crippen molar-refractivity contribution in [2.24, 2.45) is 11.5 Å². The number of alkyl halides is 3. The van der Waals surface area contributed by atoms with Crippen LogP contribution in [0.5, 0.6) is 0 Å². The smallest absolute Gasteiger partial charge is 0.388 e. The van der Waals surface area contributed by atoms with Gasteiger partial charge in [-0.3, -0.25) is 11.5 Å². The summed E-state index contributed by atoms with van der Waals surface area (Å²) in [6.07, 6.45) is 0.936. The Bertz CT molecular complexity index is 775. The van der Waals surface area contributed by atoms with Gasteiger partial charge in [0.1, 0.15) is 29.3 Å². The molecule has 0 saturated carbocycles. The van der Waals surface area contributed by atoms with Crippen LogP contribution in [0, 0.1) is 0 Å². The monoisotopic (exact) mass is 527 g/mol. The molecule has 0 spiro atoms. The normalized spacial score (nSPS) is 23.5. The number of aliphatic hydroxyl groups is 2. The van der Waals surface area contributed by atoms with Crippen molar-refractivity contribution < 1.29 is 32.9 Å². The number of nitrogens with two attached hydrogens (primary N) is 2. The molecule has 2 heterocycles. The van der Waals surface area contributed by atoms with Crippen molar-refractivity contribution in [2.75, 3.05) is 18.5 Å². The Balaban J connectivity index is 1.77. The van der Waals surface area contributed by atoms with Crippen LogP contribution in [-0.2, 0) is 15.7 Å². The topological polar surface area (TPSA) is 149 Å². The maximum absolute atomic E-state index is 12.9. The van der Waals surface area contributed by atoms with E-state index in [9.17, 15) is 23.4 Å². The number of aromatic nitrogens is 2. The zero-order chi connectivity index (χ0) is 26.1. The Morgan fingerprint density at radius 3 is 2.34 bits per heavy atom. The molecule has 1 aromatic rings. The van der Waals surface area contributed by atoms with E-state index in [0.717, 1.165) is 25.3 Å². The van der Waals surface area contributed by atoms with Gasteiger partial charge in [-0.2, -0.15) is 13.2 Å². The third-order valence-corrected chi connectivity index (χ3v) is 6.05. The van der Waals surface area contributed by atoms with Gasteiger partial charge in [-0.05, 0) is 6.42 Å². The molecule has 0 bridgehead atoms. The molecular formula is C22H37ClF3N5O4. The van der Waals surface area contributed by atoms with Gasteiger partial charge in [0, 0.05) is 12.5 Å². The van der Waals surface area contributed by atoms with Gasteiger partial charge in [-0.1, -0.05) is 63.5 Å². The van der Waals surface area contributed by atoms with E-state index in [1.165, 1.54) is 32.1 Å². The van der Waals surface area contributed by atoms with E-state index in [-0.39, 0.29) is 19.0 Å². The highest BCUT2D eigenvalue weighted by Crippen LogP contribution is 2.29. The van der Waals surface area contributed by atoms with Crippen LogP contribution in [0.3, 0.4) is 0 Å². The first-order chi connectivity index (χ1) is 16.4. The Labute approximate surface area is 208 Å². The lowest BCUT2D eigenvalue weighted by molar-refractivity contribution is -0.179. The number of rotatable bonds is 14. The largest absolute Gasteiger partial charge is 0.451 e. The summed E-state index contributed by atoms with van der Waals surface area (Å²) in [6.45, 7) is 1.88. The Kier molecular flexibility index (Phi) is 11.9. The minimum absolute atomic E-state index is 0.143. The molecule has 35 heavy (non-hydrogen) atoms. The summed E-state index contributed by atoms with van der Waals surface area (Å²) < 4.78 is 49.8. The van der Waals surface area contributed by atoms with Gasteiger partial charge < -0.3 is 25.0 Å². The second-order valence-electron chi connectivity index (χ2n) is 8.99. The Hall–Kier alpha value is -1.28. The molecule has 9 nitrogen and oxygen atoms in total. The fraction of sp³-hybridized carbons (Fsp3) is 0.818. The van der Waals surface area contributed by atoms with Gasteiger partial charge in [-0.15, -0.1) is 0 Å². The van der Waals surface area contributed by atoms with Crippen LogP contribution in [0.4, 0.5) is 19.0 Å². The van der Waals surface area contributed by atoms with Crippen molar-refractivity contribution in [3.8, 4) is 0 Å². The minimum atomic E-state index is -4.80. The summed E-state index contributed by atoms with van der Waals surface area (Å²) in [5, 5.41) is 23.1. The highest BCUT2D eigenvalue weighted by Gasteiger charge is 2.40. The average molecular weight is 528 g/mol. The lowest BCUT2D eigenvalue weighted by Gasteiger charge is -2.39. The fourth-order valence-electron chi connectivity index (χ4n) is 3.81. The highest BCUT2D eigenvalue weighted by atomic mass is 35.5. The zero-order valence-corrected chi connectivity index (χ0v) is 20.7. The molecule has 7 N–H and O–H groups in total. The zero-order valence-electron chi connectivity index (χ0n) is 19.9. The van der Waals surface area contributed by atoms with Crippen molar-refractivity contribution in [3.05, 3.63) is 17.0 Å². The lowest BCUT2D eigenvalue weighted by atomic mass is 9.98. The van der Waals surface area contributed by atoms with Crippen LogP contribution in [-0.4, -0.2) is 63.6 Å². The number of hydrogen-bond acceptors (Lipinski definition) is 9. The molecule has 1 fully saturated rings. The number of aliphatic hydroxyl groups excluding tert-OH is 2. The summed E-state index contributed by atoms with van der Waals surface area (Å²) in [7, 11) is 0. The molecule has 4 atom stereocenters. The predicted octanol–water partition coefficient (Wildman–Crippen LogP) is 3.17. The molecule has 13 heteroatoms. The van der Waals surface area contributed by atoms with Crippen LogP contribution >= 0.6 is 11.6 Å². The van der Waals surface area contributed by atoms with E-state index in [1.807, 2.05) is 0 Å². The SMILES string of the molecule is CCCCCCCCCCC(N)(N)OC[C@H]1OC[C@H](Nc2cc(Cl)nc(C(F)(F)F)n2)[C@@H](O)[C@H]1O. The van der Waals surface area contributed by atoms with Gasteiger partial charge in [0.05, 0.1) is 19.3 Å². The Morgan fingerprint density at radius 1 is 1.09 bits per heavy atom. The molecule has 0 aromatic carbocycles. The summed E-state index contributed by atoms with van der Waals surface area (Å²) in [5.74, 6) is -3.10. The maximum Gasteiger partial charge on any atom is 0.451 e. The van der Waals surface area contributed by atoms with Crippen molar-refractivity contribution in [2.45, 2.75) is 101 Å². The number of unbranched alkanes of at least 4 members (excludes halogenated alkanes) is 7. The van der Waals surface area contributed by atoms with Gasteiger partial charge in [-0.25, -0.2) is 9.97 Å². The minimum Gasteiger partial charge on any atom is -0.388 e. The molecule has 0 radical (unpaired) electrons. The number of anilines is 1. The van der Waals surface area contributed by atoms with Crippen LogP contribution in [0.25, 0.3) is 0 Å². The molecule has 1 aromatic heterocycles. The first-order valence-electron chi connectivity index (χ1n) is 12.0. The number of ether oxygens (including phenoxy) is 2. The number of hydrogen-bond donors (Lipinski definition) is 5. The molecule has 202 valence electrons. The quantitative estimate of drug-likeness (QED) is 0.140. The average Bonchev–Trinajstić information content (AvgIpc) is 2.77. The molecule has 1 aliphatic rings. The highest BCUT2D eigenvalue weighted by molar-refractivity contribution is 6.29. The van der Waals surface area contributed by atoms with Gasteiger partial charge in [0.25, 0.3) is 0 Å². The molecular weight excluding hydrogens is 491 g/mol. The van der Waals surface area contributed by atoms with Crippen LogP contribution in [0.1, 0.15) is 70.5 Å². The summed E-state index contributed by atoms with van der Waals surface area (Å²) in [5.41, 5.74) is 12.0. The molecule has 1 aliphatic heterocycles. The van der Waals surface area contributed by atoms with Gasteiger partial charge in [0.2, 0.25) is 5.82 Å². The Morgan fingerprint density at radius 2 is 1.71 bits per heavy atom. The molecule has 0 amide bonds. The van der Waals surface area contributed by atoms with E-state index in [2.05, 4.69) is 22.2 Å². The summed E-state index contributed by atoms with van der Waals surface area (Å²) in [6, 6.07) is 0.124.